The summed E-state index contributed by atoms with van der Waals surface area (Å²) in [6.07, 6.45) is 5.31. The van der Waals surface area contributed by atoms with Crippen LogP contribution in [-0.2, 0) is 18.2 Å². The maximum absolute atomic E-state index is 12.4. The summed E-state index contributed by atoms with van der Waals surface area (Å²) >= 11 is 1.48. The number of rotatable bonds is 6. The number of aromatic nitrogens is 3. The Labute approximate surface area is 146 Å². The minimum atomic E-state index is -0.0434. The minimum Gasteiger partial charge on any atom is -0.372 e. The zero-order valence-electron chi connectivity index (χ0n) is 14.4. The Kier molecular flexibility index (Phi) is 5.30. The Balaban J connectivity index is 1.57. The number of aryl methyl sites for hydroxylation is 1. The standard InChI is InChI=1S/C17H24N4O2S/c1-11(2)8-15-18-10-14(24-15)17(22)19-9-12-5-7-23-16(12)13-4-6-20-21(13)3/h4,6,10-12,16H,5,7-9H2,1-3H3,(H,19,22)/t12-,16+/m0/s1. The summed E-state index contributed by atoms with van der Waals surface area (Å²) in [4.78, 5) is 17.4. The van der Waals surface area contributed by atoms with Crippen LogP contribution in [0.2, 0.25) is 0 Å². The van der Waals surface area contributed by atoms with E-state index in [0.29, 0.717) is 17.3 Å². The molecule has 1 amide bonds. The second-order valence-electron chi connectivity index (χ2n) is 6.65. The molecular weight excluding hydrogens is 324 g/mol. The summed E-state index contributed by atoms with van der Waals surface area (Å²) < 4.78 is 7.69. The summed E-state index contributed by atoms with van der Waals surface area (Å²) in [7, 11) is 1.92. The van der Waals surface area contributed by atoms with Crippen molar-refractivity contribution in [3.63, 3.8) is 0 Å². The topological polar surface area (TPSA) is 69.0 Å². The lowest BCUT2D eigenvalue weighted by molar-refractivity contribution is 0.0802. The number of hydrogen-bond donors (Lipinski definition) is 1. The summed E-state index contributed by atoms with van der Waals surface area (Å²) in [6, 6.07) is 1.98. The van der Waals surface area contributed by atoms with E-state index in [4.69, 9.17) is 4.74 Å². The first kappa shape index (κ1) is 17.1. The molecule has 3 rings (SSSR count). The summed E-state index contributed by atoms with van der Waals surface area (Å²) in [5.74, 6) is 0.771. The largest absolute Gasteiger partial charge is 0.372 e. The Hall–Kier alpha value is -1.73. The fraction of sp³-hybridized carbons (Fsp3) is 0.588. The van der Waals surface area contributed by atoms with Gasteiger partial charge in [-0.15, -0.1) is 11.3 Å². The number of amides is 1. The first-order chi connectivity index (χ1) is 11.5. The molecule has 1 N–H and O–H groups in total. The van der Waals surface area contributed by atoms with Crippen molar-refractivity contribution in [1.29, 1.82) is 0 Å². The second-order valence-corrected chi connectivity index (χ2v) is 7.76. The highest BCUT2D eigenvalue weighted by Crippen LogP contribution is 2.33. The molecule has 1 saturated heterocycles. The van der Waals surface area contributed by atoms with Gasteiger partial charge in [0.1, 0.15) is 11.0 Å². The molecule has 0 saturated carbocycles. The van der Waals surface area contributed by atoms with Gasteiger partial charge in [0, 0.05) is 38.7 Å². The van der Waals surface area contributed by atoms with Crippen molar-refractivity contribution in [2.75, 3.05) is 13.2 Å². The average Bonchev–Trinajstić information content (AvgIpc) is 3.24. The molecule has 130 valence electrons. The zero-order valence-corrected chi connectivity index (χ0v) is 15.2. The molecular formula is C17H24N4O2S. The Morgan fingerprint density at radius 2 is 2.38 bits per heavy atom. The molecule has 0 aromatic carbocycles. The average molecular weight is 348 g/mol. The molecule has 1 aliphatic rings. The van der Waals surface area contributed by atoms with E-state index in [0.717, 1.165) is 30.2 Å². The molecule has 7 heteroatoms. The molecule has 0 spiro atoms. The number of carbonyl (C=O) groups excluding carboxylic acids is 1. The number of nitrogens with zero attached hydrogens (tertiary/aromatic N) is 3. The lowest BCUT2D eigenvalue weighted by atomic mass is 9.99. The quantitative estimate of drug-likeness (QED) is 0.871. The predicted octanol–water partition coefficient (Wildman–Crippen LogP) is 2.58. The molecule has 2 aromatic rings. The first-order valence-electron chi connectivity index (χ1n) is 8.37. The number of hydrogen-bond acceptors (Lipinski definition) is 5. The van der Waals surface area contributed by atoms with E-state index in [1.54, 1.807) is 12.4 Å². The highest BCUT2D eigenvalue weighted by molar-refractivity contribution is 7.13. The Morgan fingerprint density at radius 1 is 1.54 bits per heavy atom. The van der Waals surface area contributed by atoms with E-state index in [-0.39, 0.29) is 17.9 Å². The normalized spacial score (nSPS) is 20.7. The molecule has 1 fully saturated rings. The molecule has 0 radical (unpaired) electrons. The lowest BCUT2D eigenvalue weighted by Gasteiger charge is -2.19. The molecule has 0 bridgehead atoms. The van der Waals surface area contributed by atoms with Gasteiger partial charge in [0.2, 0.25) is 0 Å². The molecule has 6 nitrogen and oxygen atoms in total. The van der Waals surface area contributed by atoms with Crippen LogP contribution in [0.1, 0.15) is 46.7 Å². The number of nitrogens with one attached hydrogen (secondary N) is 1. The van der Waals surface area contributed by atoms with Crippen molar-refractivity contribution in [1.82, 2.24) is 20.1 Å². The zero-order chi connectivity index (χ0) is 17.1. The maximum Gasteiger partial charge on any atom is 0.263 e. The van der Waals surface area contributed by atoms with Crippen molar-refractivity contribution >= 4 is 17.2 Å². The molecule has 0 unspecified atom stereocenters. The lowest BCUT2D eigenvalue weighted by Crippen LogP contribution is -2.30. The molecule has 2 atom stereocenters. The van der Waals surface area contributed by atoms with Crippen molar-refractivity contribution in [2.24, 2.45) is 18.9 Å². The van der Waals surface area contributed by atoms with Crippen molar-refractivity contribution in [2.45, 2.75) is 32.8 Å². The van der Waals surface area contributed by atoms with Gasteiger partial charge >= 0.3 is 0 Å². The van der Waals surface area contributed by atoms with Gasteiger partial charge in [0.25, 0.3) is 5.91 Å². The number of carbonyl (C=O) groups is 1. The third-order valence-corrected chi connectivity index (χ3v) is 5.27. The van der Waals surface area contributed by atoms with E-state index in [9.17, 15) is 4.79 Å². The van der Waals surface area contributed by atoms with Crippen molar-refractivity contribution < 1.29 is 9.53 Å². The highest BCUT2D eigenvalue weighted by Gasteiger charge is 2.32. The third kappa shape index (κ3) is 3.84. The van der Waals surface area contributed by atoms with Crippen LogP contribution < -0.4 is 5.32 Å². The van der Waals surface area contributed by atoms with Crippen LogP contribution in [0.4, 0.5) is 0 Å². The molecule has 1 aliphatic heterocycles. The number of ether oxygens (including phenoxy) is 1. The van der Waals surface area contributed by atoms with Gasteiger partial charge in [-0.25, -0.2) is 4.98 Å². The number of thiazole rings is 1. The Morgan fingerprint density at radius 3 is 3.08 bits per heavy atom. The van der Waals surface area contributed by atoms with Crippen LogP contribution in [0, 0.1) is 11.8 Å². The van der Waals surface area contributed by atoms with Crippen LogP contribution in [0.3, 0.4) is 0 Å². The van der Waals surface area contributed by atoms with Crippen LogP contribution in [0.25, 0.3) is 0 Å². The van der Waals surface area contributed by atoms with E-state index < -0.39 is 0 Å². The van der Waals surface area contributed by atoms with Gasteiger partial charge in [-0.05, 0) is 18.4 Å². The highest BCUT2D eigenvalue weighted by atomic mass is 32.1. The van der Waals surface area contributed by atoms with Gasteiger partial charge < -0.3 is 10.1 Å². The molecule has 24 heavy (non-hydrogen) atoms. The monoisotopic (exact) mass is 348 g/mol. The third-order valence-electron chi connectivity index (χ3n) is 4.25. The SMILES string of the molecule is CC(C)Cc1ncc(C(=O)NC[C@@H]2CCO[C@H]2c2ccnn2C)s1. The fourth-order valence-corrected chi connectivity index (χ4v) is 4.05. The Bertz CT molecular complexity index is 694. The fourth-order valence-electron chi connectivity index (χ4n) is 3.00. The van der Waals surface area contributed by atoms with E-state index in [2.05, 4.69) is 29.2 Å². The van der Waals surface area contributed by atoms with Gasteiger partial charge in [-0.1, -0.05) is 13.8 Å². The molecule has 0 aliphatic carbocycles. The van der Waals surface area contributed by atoms with Crippen molar-refractivity contribution in [3.8, 4) is 0 Å². The van der Waals surface area contributed by atoms with Gasteiger partial charge in [-0.3, -0.25) is 9.48 Å². The van der Waals surface area contributed by atoms with E-state index >= 15 is 0 Å². The minimum absolute atomic E-state index is 0.00392. The summed E-state index contributed by atoms with van der Waals surface area (Å²) in [5, 5.41) is 8.27. The van der Waals surface area contributed by atoms with E-state index in [1.165, 1.54) is 11.3 Å². The second kappa shape index (κ2) is 7.44. The van der Waals surface area contributed by atoms with Crippen LogP contribution in [0.5, 0.6) is 0 Å². The summed E-state index contributed by atoms with van der Waals surface area (Å²) in [5.41, 5.74) is 1.06. The van der Waals surface area contributed by atoms with Crippen LogP contribution >= 0.6 is 11.3 Å². The summed E-state index contributed by atoms with van der Waals surface area (Å²) in [6.45, 7) is 5.63. The molecule has 3 heterocycles. The maximum atomic E-state index is 12.4. The first-order valence-corrected chi connectivity index (χ1v) is 9.18. The van der Waals surface area contributed by atoms with E-state index in [1.807, 2.05) is 17.8 Å². The predicted molar refractivity (Wildman–Crippen MR) is 93.0 cm³/mol. The van der Waals surface area contributed by atoms with Gasteiger partial charge in [0.05, 0.1) is 16.9 Å². The van der Waals surface area contributed by atoms with Gasteiger partial charge in [0.15, 0.2) is 0 Å². The molecule has 2 aromatic heterocycles. The smallest absolute Gasteiger partial charge is 0.263 e. The van der Waals surface area contributed by atoms with Crippen LogP contribution in [0.15, 0.2) is 18.5 Å². The van der Waals surface area contributed by atoms with Gasteiger partial charge in [-0.2, -0.15) is 5.10 Å². The van der Waals surface area contributed by atoms with Crippen LogP contribution in [-0.4, -0.2) is 33.8 Å². The van der Waals surface area contributed by atoms with Crippen molar-refractivity contribution in [3.05, 3.63) is 34.0 Å².